The number of carbonyl (C=O) groups excluding carboxylic acids is 1. The van der Waals surface area contributed by atoms with Crippen molar-refractivity contribution in [1.29, 1.82) is 0 Å². The smallest absolute Gasteiger partial charge is 0.407 e. The van der Waals surface area contributed by atoms with Gasteiger partial charge in [0.15, 0.2) is 0 Å². The standard InChI is InChI=1S/C13H25NO3/c1-12(2,3)17-11(16)14-10-7-6-9(8-15)13(10,4)5/h9-10,15H,6-8H2,1-5H3,(H,14,16)/t9-,10-/m1/s1. The zero-order chi connectivity index (χ0) is 13.3. The van der Waals surface area contributed by atoms with Crippen LogP contribution in [0.3, 0.4) is 0 Å². The van der Waals surface area contributed by atoms with Crippen LogP contribution in [0.15, 0.2) is 0 Å². The Morgan fingerprint density at radius 3 is 2.41 bits per heavy atom. The summed E-state index contributed by atoms with van der Waals surface area (Å²) in [7, 11) is 0. The fourth-order valence-electron chi connectivity index (χ4n) is 2.43. The lowest BCUT2D eigenvalue weighted by molar-refractivity contribution is 0.0441. The van der Waals surface area contributed by atoms with Gasteiger partial charge in [0.05, 0.1) is 0 Å². The zero-order valence-corrected chi connectivity index (χ0v) is 11.5. The maximum absolute atomic E-state index is 11.7. The molecule has 0 radical (unpaired) electrons. The average molecular weight is 243 g/mol. The second-order valence-electron chi connectivity index (χ2n) is 6.48. The van der Waals surface area contributed by atoms with E-state index in [1.165, 1.54) is 0 Å². The van der Waals surface area contributed by atoms with E-state index in [4.69, 9.17) is 4.74 Å². The number of rotatable bonds is 2. The number of carbonyl (C=O) groups is 1. The number of hydrogen-bond donors (Lipinski definition) is 2. The number of nitrogens with one attached hydrogen (secondary N) is 1. The van der Waals surface area contributed by atoms with E-state index in [0.29, 0.717) is 0 Å². The number of amides is 1. The lowest BCUT2D eigenvalue weighted by atomic mass is 9.79. The molecule has 1 fully saturated rings. The first-order valence-corrected chi connectivity index (χ1v) is 6.27. The van der Waals surface area contributed by atoms with Crippen molar-refractivity contribution in [1.82, 2.24) is 5.32 Å². The summed E-state index contributed by atoms with van der Waals surface area (Å²) in [6.07, 6.45) is 1.48. The van der Waals surface area contributed by atoms with Crippen molar-refractivity contribution in [3.8, 4) is 0 Å². The third kappa shape index (κ3) is 3.60. The predicted molar refractivity (Wildman–Crippen MR) is 66.7 cm³/mol. The maximum atomic E-state index is 11.7. The van der Waals surface area contributed by atoms with E-state index >= 15 is 0 Å². The van der Waals surface area contributed by atoms with Crippen molar-refractivity contribution in [3.05, 3.63) is 0 Å². The molecule has 4 nitrogen and oxygen atoms in total. The lowest BCUT2D eigenvalue weighted by Gasteiger charge is -2.33. The minimum Gasteiger partial charge on any atom is -0.444 e. The Bertz CT molecular complexity index is 281. The summed E-state index contributed by atoms with van der Waals surface area (Å²) in [5, 5.41) is 12.2. The molecule has 100 valence electrons. The fourth-order valence-corrected chi connectivity index (χ4v) is 2.43. The highest BCUT2D eigenvalue weighted by molar-refractivity contribution is 5.68. The van der Waals surface area contributed by atoms with Crippen LogP contribution >= 0.6 is 0 Å². The summed E-state index contributed by atoms with van der Waals surface area (Å²) in [5.41, 5.74) is -0.547. The van der Waals surface area contributed by atoms with Gasteiger partial charge in [0, 0.05) is 12.6 Å². The first-order valence-electron chi connectivity index (χ1n) is 6.27. The van der Waals surface area contributed by atoms with Crippen LogP contribution in [0.1, 0.15) is 47.5 Å². The largest absolute Gasteiger partial charge is 0.444 e. The molecule has 0 spiro atoms. The Morgan fingerprint density at radius 1 is 1.41 bits per heavy atom. The van der Waals surface area contributed by atoms with Gasteiger partial charge in [-0.3, -0.25) is 0 Å². The van der Waals surface area contributed by atoms with Crippen LogP contribution in [-0.4, -0.2) is 29.4 Å². The molecular formula is C13H25NO3. The molecule has 0 aliphatic heterocycles. The van der Waals surface area contributed by atoms with Gasteiger partial charge in [-0.15, -0.1) is 0 Å². The Kier molecular flexibility index (Phi) is 4.07. The second kappa shape index (κ2) is 4.84. The molecular weight excluding hydrogens is 218 g/mol. The third-order valence-corrected chi connectivity index (χ3v) is 3.67. The molecule has 2 atom stereocenters. The molecule has 1 aliphatic carbocycles. The molecule has 0 bridgehead atoms. The summed E-state index contributed by atoms with van der Waals surface area (Å²) >= 11 is 0. The van der Waals surface area contributed by atoms with E-state index in [-0.39, 0.29) is 30.1 Å². The fraction of sp³-hybridized carbons (Fsp3) is 0.923. The molecule has 0 aromatic heterocycles. The molecule has 17 heavy (non-hydrogen) atoms. The van der Waals surface area contributed by atoms with Crippen molar-refractivity contribution >= 4 is 6.09 Å². The Balaban J connectivity index is 2.56. The van der Waals surface area contributed by atoms with Crippen LogP contribution < -0.4 is 5.32 Å². The number of alkyl carbamates (subject to hydrolysis) is 1. The highest BCUT2D eigenvalue weighted by atomic mass is 16.6. The predicted octanol–water partition coefficient (Wildman–Crippen LogP) is 2.31. The maximum Gasteiger partial charge on any atom is 0.407 e. The minimum atomic E-state index is -0.469. The van der Waals surface area contributed by atoms with E-state index in [1.807, 2.05) is 20.8 Å². The number of aliphatic hydroxyl groups excluding tert-OH is 1. The molecule has 0 heterocycles. The number of hydrogen-bond acceptors (Lipinski definition) is 3. The molecule has 1 amide bonds. The summed E-state index contributed by atoms with van der Waals surface area (Å²) in [5.74, 6) is 0.252. The van der Waals surface area contributed by atoms with E-state index < -0.39 is 5.60 Å². The van der Waals surface area contributed by atoms with E-state index in [9.17, 15) is 9.90 Å². The topological polar surface area (TPSA) is 58.6 Å². The third-order valence-electron chi connectivity index (χ3n) is 3.67. The van der Waals surface area contributed by atoms with E-state index in [2.05, 4.69) is 19.2 Å². The second-order valence-corrected chi connectivity index (χ2v) is 6.48. The van der Waals surface area contributed by atoms with Crippen LogP contribution in [0.4, 0.5) is 4.79 Å². The van der Waals surface area contributed by atoms with Crippen LogP contribution in [0.5, 0.6) is 0 Å². The molecule has 4 heteroatoms. The molecule has 0 aromatic carbocycles. The van der Waals surface area contributed by atoms with Gasteiger partial charge in [0.2, 0.25) is 0 Å². The van der Waals surface area contributed by atoms with Crippen LogP contribution in [0.25, 0.3) is 0 Å². The zero-order valence-electron chi connectivity index (χ0n) is 11.5. The average Bonchev–Trinajstić information content (AvgIpc) is 2.38. The monoisotopic (exact) mass is 243 g/mol. The van der Waals surface area contributed by atoms with Gasteiger partial charge >= 0.3 is 6.09 Å². The van der Waals surface area contributed by atoms with Gasteiger partial charge in [0.25, 0.3) is 0 Å². The summed E-state index contributed by atoms with van der Waals surface area (Å²) < 4.78 is 5.25. The Hall–Kier alpha value is -0.770. The molecule has 1 saturated carbocycles. The van der Waals surface area contributed by atoms with E-state index in [1.54, 1.807) is 0 Å². The first kappa shape index (κ1) is 14.3. The number of ether oxygens (including phenoxy) is 1. The van der Waals surface area contributed by atoms with Crippen LogP contribution in [0.2, 0.25) is 0 Å². The molecule has 0 unspecified atom stereocenters. The van der Waals surface area contributed by atoms with Gasteiger partial charge < -0.3 is 15.2 Å². The van der Waals surface area contributed by atoms with Crippen molar-refractivity contribution in [2.75, 3.05) is 6.61 Å². The van der Waals surface area contributed by atoms with Crippen molar-refractivity contribution in [2.45, 2.75) is 59.1 Å². The van der Waals surface area contributed by atoms with Crippen LogP contribution in [-0.2, 0) is 4.74 Å². The normalized spacial score (nSPS) is 27.9. The quantitative estimate of drug-likeness (QED) is 0.782. The SMILES string of the molecule is CC(C)(C)OC(=O)N[C@@H]1CC[C@H](CO)C1(C)C. The first-order chi connectivity index (χ1) is 7.66. The minimum absolute atomic E-state index is 0.0777. The van der Waals surface area contributed by atoms with Gasteiger partial charge in [-0.1, -0.05) is 13.8 Å². The molecule has 0 saturated heterocycles. The summed E-state index contributed by atoms with van der Waals surface area (Å²) in [6, 6.07) is 0.0782. The van der Waals surface area contributed by atoms with Gasteiger partial charge in [0.1, 0.15) is 5.60 Å². The van der Waals surface area contributed by atoms with Crippen molar-refractivity contribution in [3.63, 3.8) is 0 Å². The lowest BCUT2D eigenvalue weighted by Crippen LogP contribution is -2.46. The molecule has 0 aromatic rings. The summed E-state index contributed by atoms with van der Waals surface area (Å²) in [4.78, 5) is 11.7. The van der Waals surface area contributed by atoms with Crippen molar-refractivity contribution in [2.24, 2.45) is 11.3 Å². The van der Waals surface area contributed by atoms with Gasteiger partial charge in [-0.05, 0) is 44.9 Å². The molecule has 2 N–H and O–H groups in total. The van der Waals surface area contributed by atoms with Crippen LogP contribution in [0, 0.1) is 11.3 Å². The molecule has 1 aliphatic rings. The Labute approximate surface area is 104 Å². The van der Waals surface area contributed by atoms with Gasteiger partial charge in [-0.2, -0.15) is 0 Å². The molecule has 1 rings (SSSR count). The summed E-state index contributed by atoms with van der Waals surface area (Å²) in [6.45, 7) is 9.90. The van der Waals surface area contributed by atoms with Gasteiger partial charge in [-0.25, -0.2) is 4.79 Å². The highest BCUT2D eigenvalue weighted by Crippen LogP contribution is 2.42. The van der Waals surface area contributed by atoms with E-state index in [0.717, 1.165) is 12.8 Å². The Morgan fingerprint density at radius 2 is 2.00 bits per heavy atom. The number of aliphatic hydroxyl groups is 1. The van der Waals surface area contributed by atoms with Crippen molar-refractivity contribution < 1.29 is 14.6 Å². The highest BCUT2D eigenvalue weighted by Gasteiger charge is 2.43.